The molecule has 1 heterocycles. The number of hydrogen-bond acceptors (Lipinski definition) is 3. The van der Waals surface area contributed by atoms with Crippen molar-refractivity contribution in [1.82, 2.24) is 4.90 Å². The van der Waals surface area contributed by atoms with Crippen LogP contribution in [0.3, 0.4) is 0 Å². The van der Waals surface area contributed by atoms with Gasteiger partial charge >= 0.3 is 0 Å². The van der Waals surface area contributed by atoms with E-state index in [1.165, 1.54) is 24.1 Å². The van der Waals surface area contributed by atoms with Crippen molar-refractivity contribution in [2.45, 2.75) is 25.3 Å². The molecule has 2 fully saturated rings. The van der Waals surface area contributed by atoms with Gasteiger partial charge in [0, 0.05) is 44.0 Å². The Bertz CT molecular complexity index is 418. The minimum absolute atomic E-state index is 0.158. The maximum Gasteiger partial charge on any atom is 0.0396 e. The van der Waals surface area contributed by atoms with Gasteiger partial charge in [-0.1, -0.05) is 18.2 Å². The maximum atomic E-state index is 6.19. The van der Waals surface area contributed by atoms with Gasteiger partial charge in [-0.3, -0.25) is 4.90 Å². The summed E-state index contributed by atoms with van der Waals surface area (Å²) in [5, 5.41) is 0. The van der Waals surface area contributed by atoms with Crippen LogP contribution in [-0.4, -0.2) is 43.2 Å². The zero-order chi connectivity index (χ0) is 12.6. The van der Waals surface area contributed by atoms with Gasteiger partial charge in [-0.05, 0) is 31.4 Å². The molecular formula is C15H23N3. The minimum Gasteiger partial charge on any atom is -0.369 e. The fourth-order valence-electron chi connectivity index (χ4n) is 2.83. The quantitative estimate of drug-likeness (QED) is 0.878. The lowest BCUT2D eigenvalue weighted by molar-refractivity contribution is 0.236. The average molecular weight is 245 g/mol. The van der Waals surface area contributed by atoms with Gasteiger partial charge in [-0.2, -0.15) is 0 Å². The Morgan fingerprint density at radius 1 is 1.11 bits per heavy atom. The van der Waals surface area contributed by atoms with Gasteiger partial charge in [0.1, 0.15) is 0 Å². The summed E-state index contributed by atoms with van der Waals surface area (Å²) in [5.41, 5.74) is 9.12. The van der Waals surface area contributed by atoms with Crippen LogP contribution in [0.15, 0.2) is 24.3 Å². The van der Waals surface area contributed by atoms with Crippen molar-refractivity contribution in [2.24, 2.45) is 5.73 Å². The molecule has 0 aromatic heterocycles. The summed E-state index contributed by atoms with van der Waals surface area (Å²) >= 11 is 0. The molecule has 0 bridgehead atoms. The Balaban J connectivity index is 1.58. The second-order valence-corrected chi connectivity index (χ2v) is 5.91. The molecule has 18 heavy (non-hydrogen) atoms. The minimum atomic E-state index is 0.158. The van der Waals surface area contributed by atoms with E-state index in [9.17, 15) is 0 Å². The van der Waals surface area contributed by atoms with E-state index in [1.54, 1.807) is 0 Å². The fourth-order valence-corrected chi connectivity index (χ4v) is 2.83. The van der Waals surface area contributed by atoms with Gasteiger partial charge < -0.3 is 10.6 Å². The molecule has 3 heteroatoms. The van der Waals surface area contributed by atoms with Crippen LogP contribution in [0, 0.1) is 6.92 Å². The van der Waals surface area contributed by atoms with Crippen molar-refractivity contribution in [2.75, 3.05) is 37.6 Å². The van der Waals surface area contributed by atoms with Crippen LogP contribution < -0.4 is 10.6 Å². The maximum absolute atomic E-state index is 6.19. The van der Waals surface area contributed by atoms with Crippen LogP contribution >= 0.6 is 0 Å². The van der Waals surface area contributed by atoms with Crippen molar-refractivity contribution in [1.29, 1.82) is 0 Å². The van der Waals surface area contributed by atoms with Gasteiger partial charge in [0.25, 0.3) is 0 Å². The van der Waals surface area contributed by atoms with Crippen LogP contribution in [0.5, 0.6) is 0 Å². The van der Waals surface area contributed by atoms with Crippen LogP contribution in [0.4, 0.5) is 5.69 Å². The predicted molar refractivity (Wildman–Crippen MR) is 76.0 cm³/mol. The largest absolute Gasteiger partial charge is 0.369 e. The first-order valence-corrected chi connectivity index (χ1v) is 6.98. The molecule has 3 rings (SSSR count). The van der Waals surface area contributed by atoms with E-state index in [-0.39, 0.29) is 5.54 Å². The van der Waals surface area contributed by atoms with Crippen molar-refractivity contribution in [3.63, 3.8) is 0 Å². The molecule has 1 aliphatic carbocycles. The third-order valence-corrected chi connectivity index (χ3v) is 4.26. The van der Waals surface area contributed by atoms with Crippen molar-refractivity contribution in [3.05, 3.63) is 29.8 Å². The van der Waals surface area contributed by atoms with Gasteiger partial charge in [0.2, 0.25) is 0 Å². The van der Waals surface area contributed by atoms with Crippen LogP contribution in [0.1, 0.15) is 18.4 Å². The lowest BCUT2D eigenvalue weighted by Gasteiger charge is -2.37. The molecule has 1 saturated heterocycles. The van der Waals surface area contributed by atoms with E-state index in [4.69, 9.17) is 5.73 Å². The molecule has 0 amide bonds. The average Bonchev–Trinajstić information content (AvgIpc) is 3.09. The van der Waals surface area contributed by atoms with Gasteiger partial charge in [-0.25, -0.2) is 0 Å². The Hall–Kier alpha value is -1.06. The molecule has 0 unspecified atom stereocenters. The molecule has 2 aliphatic rings. The first-order chi connectivity index (χ1) is 8.66. The van der Waals surface area contributed by atoms with Crippen molar-refractivity contribution < 1.29 is 0 Å². The highest BCUT2D eigenvalue weighted by Crippen LogP contribution is 2.33. The predicted octanol–water partition coefficient (Wildman–Crippen LogP) is 1.61. The molecule has 0 spiro atoms. The van der Waals surface area contributed by atoms with Crippen LogP contribution in [0.2, 0.25) is 0 Å². The van der Waals surface area contributed by atoms with E-state index >= 15 is 0 Å². The number of benzene rings is 1. The molecular weight excluding hydrogens is 222 g/mol. The topological polar surface area (TPSA) is 32.5 Å². The molecule has 98 valence electrons. The van der Waals surface area contributed by atoms with E-state index in [0.29, 0.717) is 0 Å². The Morgan fingerprint density at radius 2 is 1.78 bits per heavy atom. The Morgan fingerprint density at radius 3 is 2.39 bits per heavy atom. The standard InChI is InChI=1S/C15H23N3/c1-13-4-2-3-5-14(13)18-10-8-17(9-11-18)12-15(16)6-7-15/h2-5H,6-12,16H2,1H3. The van der Waals surface area contributed by atoms with E-state index < -0.39 is 0 Å². The number of anilines is 1. The van der Waals surface area contributed by atoms with Gasteiger partial charge in [0.15, 0.2) is 0 Å². The summed E-state index contributed by atoms with van der Waals surface area (Å²) in [6, 6.07) is 8.67. The third-order valence-electron chi connectivity index (χ3n) is 4.26. The molecule has 3 nitrogen and oxygen atoms in total. The van der Waals surface area contributed by atoms with Crippen LogP contribution in [-0.2, 0) is 0 Å². The molecule has 0 atom stereocenters. The van der Waals surface area contributed by atoms with E-state index in [0.717, 1.165) is 32.7 Å². The van der Waals surface area contributed by atoms with E-state index in [2.05, 4.69) is 41.0 Å². The SMILES string of the molecule is Cc1ccccc1N1CCN(CC2(N)CC2)CC1. The Kier molecular flexibility index (Phi) is 3.04. The lowest BCUT2D eigenvalue weighted by atomic mass is 10.1. The smallest absolute Gasteiger partial charge is 0.0396 e. The van der Waals surface area contributed by atoms with Crippen molar-refractivity contribution >= 4 is 5.69 Å². The summed E-state index contributed by atoms with van der Waals surface area (Å²) < 4.78 is 0. The first kappa shape index (κ1) is 12.0. The summed E-state index contributed by atoms with van der Waals surface area (Å²) in [6.07, 6.45) is 2.43. The third kappa shape index (κ3) is 2.52. The van der Waals surface area contributed by atoms with Crippen LogP contribution in [0.25, 0.3) is 0 Å². The molecule has 1 aromatic rings. The molecule has 1 saturated carbocycles. The first-order valence-electron chi connectivity index (χ1n) is 6.98. The number of rotatable bonds is 3. The highest BCUT2D eigenvalue weighted by Gasteiger charge is 2.40. The highest BCUT2D eigenvalue weighted by atomic mass is 15.3. The van der Waals surface area contributed by atoms with Gasteiger partial charge in [0.05, 0.1) is 0 Å². The zero-order valence-corrected chi connectivity index (χ0v) is 11.2. The summed E-state index contributed by atoms with van der Waals surface area (Å²) in [7, 11) is 0. The Labute approximate surface area is 110 Å². The monoisotopic (exact) mass is 245 g/mol. The molecule has 0 radical (unpaired) electrons. The van der Waals surface area contributed by atoms with Crippen molar-refractivity contribution in [3.8, 4) is 0 Å². The second-order valence-electron chi connectivity index (χ2n) is 5.91. The summed E-state index contributed by atoms with van der Waals surface area (Å²) in [4.78, 5) is 5.03. The number of hydrogen-bond donors (Lipinski definition) is 1. The number of para-hydroxylation sites is 1. The summed E-state index contributed by atoms with van der Waals surface area (Å²) in [5.74, 6) is 0. The van der Waals surface area contributed by atoms with E-state index in [1.807, 2.05) is 0 Å². The molecule has 1 aromatic carbocycles. The zero-order valence-electron chi connectivity index (χ0n) is 11.2. The number of nitrogens with zero attached hydrogens (tertiary/aromatic N) is 2. The second kappa shape index (κ2) is 4.56. The normalized spacial score (nSPS) is 23.1. The molecule has 1 aliphatic heterocycles. The summed E-state index contributed by atoms with van der Waals surface area (Å²) in [6.45, 7) is 7.83. The number of piperazine rings is 1. The molecule has 2 N–H and O–H groups in total. The number of aryl methyl sites for hydroxylation is 1. The van der Waals surface area contributed by atoms with Gasteiger partial charge in [-0.15, -0.1) is 0 Å². The fraction of sp³-hybridized carbons (Fsp3) is 0.600. The highest BCUT2D eigenvalue weighted by molar-refractivity contribution is 5.53. The number of nitrogens with two attached hydrogens (primary N) is 1. The lowest BCUT2D eigenvalue weighted by Crippen LogP contribution is -2.50.